The molecule has 0 radical (unpaired) electrons. The number of hydrazine groups is 1. The van der Waals surface area contributed by atoms with Gasteiger partial charge in [-0.25, -0.2) is 13.1 Å². The highest BCUT2D eigenvalue weighted by Gasteiger charge is 2.28. The number of hydrogen-bond donors (Lipinski definition) is 3. The third-order valence-corrected chi connectivity index (χ3v) is 6.50. The van der Waals surface area contributed by atoms with Crippen LogP contribution in [0.25, 0.3) is 0 Å². The third-order valence-electron chi connectivity index (χ3n) is 4.98. The zero-order chi connectivity index (χ0) is 23.0. The largest absolute Gasteiger partial charge is 0.494 e. The van der Waals surface area contributed by atoms with Gasteiger partial charge < -0.3 is 4.74 Å². The Labute approximate surface area is 188 Å². The maximum Gasteiger partial charge on any atom is 0.269 e. The van der Waals surface area contributed by atoms with Crippen molar-refractivity contribution in [2.24, 2.45) is 0 Å². The number of amides is 2. The van der Waals surface area contributed by atoms with Crippen LogP contribution in [0.4, 0.5) is 0 Å². The maximum atomic E-state index is 12.4. The molecule has 0 aliphatic heterocycles. The van der Waals surface area contributed by atoms with Gasteiger partial charge in [0.2, 0.25) is 10.0 Å². The molecule has 32 heavy (non-hydrogen) atoms. The number of hydrogen-bond acceptors (Lipinski definition) is 5. The van der Waals surface area contributed by atoms with E-state index in [0.717, 1.165) is 25.7 Å². The predicted molar refractivity (Wildman–Crippen MR) is 121 cm³/mol. The van der Waals surface area contributed by atoms with Gasteiger partial charge >= 0.3 is 0 Å². The molecule has 3 N–H and O–H groups in total. The Bertz CT molecular complexity index is 1030. The van der Waals surface area contributed by atoms with E-state index >= 15 is 0 Å². The molecule has 2 aromatic rings. The average Bonchev–Trinajstić information content (AvgIpc) is 3.61. The molecular formula is C23H29N3O5S. The molecule has 0 spiro atoms. The summed E-state index contributed by atoms with van der Waals surface area (Å²) in [5.41, 5.74) is 5.13. The average molecular weight is 460 g/mol. The SMILES string of the molecule is CCCCCCOc1ccc(C(=O)NNC(=O)c2cccc(S(=O)(=O)NC3CC3)c2)cc1. The first-order chi connectivity index (χ1) is 15.4. The van der Waals surface area contributed by atoms with E-state index in [2.05, 4.69) is 22.5 Å². The normalized spacial score (nSPS) is 13.4. The van der Waals surface area contributed by atoms with E-state index in [1.165, 1.54) is 37.1 Å². The first-order valence-corrected chi connectivity index (χ1v) is 12.3. The molecule has 0 heterocycles. The van der Waals surface area contributed by atoms with Crippen LogP contribution in [0, 0.1) is 0 Å². The Morgan fingerprint density at radius 2 is 1.62 bits per heavy atom. The standard InChI is InChI=1S/C23H29N3O5S/c1-2-3-4-5-15-31-20-13-9-17(10-14-20)22(27)24-25-23(28)18-7-6-8-21(16-18)32(29,30)26-19-11-12-19/h6-10,13-14,16,19,26H,2-5,11-12,15H2,1H3,(H,24,27)(H,25,28). The lowest BCUT2D eigenvalue weighted by atomic mass is 10.2. The van der Waals surface area contributed by atoms with Crippen molar-refractivity contribution in [3.8, 4) is 5.75 Å². The summed E-state index contributed by atoms with van der Waals surface area (Å²) in [6.45, 7) is 2.79. The molecule has 0 atom stereocenters. The smallest absolute Gasteiger partial charge is 0.269 e. The van der Waals surface area contributed by atoms with Crippen LogP contribution in [0.5, 0.6) is 5.75 Å². The van der Waals surface area contributed by atoms with Gasteiger partial charge in [0.15, 0.2) is 0 Å². The van der Waals surface area contributed by atoms with Gasteiger partial charge in [-0.2, -0.15) is 0 Å². The van der Waals surface area contributed by atoms with Crippen LogP contribution in [0.15, 0.2) is 53.4 Å². The molecule has 0 saturated heterocycles. The minimum Gasteiger partial charge on any atom is -0.494 e. The van der Waals surface area contributed by atoms with Gasteiger partial charge in [0.1, 0.15) is 5.75 Å². The number of carbonyl (C=O) groups is 2. The molecule has 0 unspecified atom stereocenters. The molecule has 0 aromatic heterocycles. The lowest BCUT2D eigenvalue weighted by molar-refractivity contribution is 0.0846. The number of sulfonamides is 1. The molecule has 2 amide bonds. The molecule has 1 aliphatic carbocycles. The summed E-state index contributed by atoms with van der Waals surface area (Å²) < 4.78 is 32.9. The summed E-state index contributed by atoms with van der Waals surface area (Å²) in [4.78, 5) is 24.7. The summed E-state index contributed by atoms with van der Waals surface area (Å²) in [6.07, 6.45) is 6.10. The van der Waals surface area contributed by atoms with Crippen LogP contribution in [-0.2, 0) is 10.0 Å². The monoisotopic (exact) mass is 459 g/mol. The second kappa shape index (κ2) is 11.1. The van der Waals surface area contributed by atoms with E-state index in [9.17, 15) is 18.0 Å². The predicted octanol–water partition coefficient (Wildman–Crippen LogP) is 3.16. The van der Waals surface area contributed by atoms with Crippen LogP contribution in [0.2, 0.25) is 0 Å². The number of benzene rings is 2. The molecule has 2 aromatic carbocycles. The lowest BCUT2D eigenvalue weighted by Gasteiger charge is -2.10. The van der Waals surface area contributed by atoms with E-state index in [1.54, 1.807) is 24.3 Å². The van der Waals surface area contributed by atoms with Gasteiger partial charge in [-0.15, -0.1) is 0 Å². The molecule has 8 nitrogen and oxygen atoms in total. The molecule has 1 aliphatic rings. The van der Waals surface area contributed by atoms with Crippen molar-refractivity contribution in [2.75, 3.05) is 6.61 Å². The molecule has 9 heteroatoms. The van der Waals surface area contributed by atoms with E-state index in [4.69, 9.17) is 4.74 Å². The van der Waals surface area contributed by atoms with Gasteiger partial charge in [0, 0.05) is 17.2 Å². The van der Waals surface area contributed by atoms with Gasteiger partial charge in [0.05, 0.1) is 11.5 Å². The van der Waals surface area contributed by atoms with E-state index in [1.807, 2.05) is 0 Å². The first kappa shape index (κ1) is 23.7. The van der Waals surface area contributed by atoms with Crippen molar-refractivity contribution in [3.63, 3.8) is 0 Å². The van der Waals surface area contributed by atoms with Gasteiger partial charge in [-0.05, 0) is 61.7 Å². The van der Waals surface area contributed by atoms with Crippen molar-refractivity contribution < 1.29 is 22.7 Å². The molecule has 1 saturated carbocycles. The Morgan fingerprint density at radius 3 is 2.28 bits per heavy atom. The minimum atomic E-state index is -3.67. The molecule has 1 fully saturated rings. The Balaban J connectivity index is 1.50. The van der Waals surface area contributed by atoms with E-state index < -0.39 is 21.8 Å². The quantitative estimate of drug-likeness (QED) is 0.353. The van der Waals surface area contributed by atoms with E-state index in [-0.39, 0.29) is 16.5 Å². The lowest BCUT2D eigenvalue weighted by Crippen LogP contribution is -2.41. The molecule has 3 rings (SSSR count). The van der Waals surface area contributed by atoms with Crippen LogP contribution in [0.1, 0.15) is 66.2 Å². The van der Waals surface area contributed by atoms with Crippen molar-refractivity contribution in [1.29, 1.82) is 0 Å². The van der Waals surface area contributed by atoms with Crippen LogP contribution < -0.4 is 20.3 Å². The fourth-order valence-electron chi connectivity index (χ4n) is 2.97. The topological polar surface area (TPSA) is 114 Å². The molecule has 0 bridgehead atoms. The highest BCUT2D eigenvalue weighted by Crippen LogP contribution is 2.22. The summed E-state index contributed by atoms with van der Waals surface area (Å²) in [7, 11) is -3.67. The third kappa shape index (κ3) is 7.06. The summed E-state index contributed by atoms with van der Waals surface area (Å²) in [5.74, 6) is -0.430. The summed E-state index contributed by atoms with van der Waals surface area (Å²) in [5, 5.41) is 0. The zero-order valence-corrected chi connectivity index (χ0v) is 18.9. The van der Waals surface area contributed by atoms with Gasteiger partial charge in [0.25, 0.3) is 11.8 Å². The second-order valence-electron chi connectivity index (χ2n) is 7.77. The Kier molecular flexibility index (Phi) is 8.24. The summed E-state index contributed by atoms with van der Waals surface area (Å²) in [6, 6.07) is 12.3. The van der Waals surface area contributed by atoms with E-state index in [0.29, 0.717) is 17.9 Å². The zero-order valence-electron chi connectivity index (χ0n) is 18.1. The van der Waals surface area contributed by atoms with Gasteiger partial charge in [-0.1, -0.05) is 32.3 Å². The van der Waals surface area contributed by atoms with Gasteiger partial charge in [-0.3, -0.25) is 20.4 Å². The van der Waals surface area contributed by atoms with Crippen LogP contribution >= 0.6 is 0 Å². The highest BCUT2D eigenvalue weighted by molar-refractivity contribution is 7.89. The highest BCUT2D eigenvalue weighted by atomic mass is 32.2. The maximum absolute atomic E-state index is 12.4. The first-order valence-electron chi connectivity index (χ1n) is 10.8. The number of unbranched alkanes of at least 4 members (excludes halogenated alkanes) is 3. The molecular weight excluding hydrogens is 430 g/mol. The van der Waals surface area contributed by atoms with Crippen molar-refractivity contribution in [1.82, 2.24) is 15.6 Å². The van der Waals surface area contributed by atoms with Crippen molar-refractivity contribution in [2.45, 2.75) is 56.4 Å². The number of ether oxygens (including phenoxy) is 1. The van der Waals surface area contributed by atoms with Crippen molar-refractivity contribution in [3.05, 3.63) is 59.7 Å². The Hall–Kier alpha value is -2.91. The minimum absolute atomic E-state index is 0.00802. The fourth-order valence-corrected chi connectivity index (χ4v) is 4.32. The second-order valence-corrected chi connectivity index (χ2v) is 9.48. The fraction of sp³-hybridized carbons (Fsp3) is 0.391. The van der Waals surface area contributed by atoms with Crippen LogP contribution in [-0.4, -0.2) is 32.9 Å². The number of carbonyl (C=O) groups excluding carboxylic acids is 2. The Morgan fingerprint density at radius 1 is 0.938 bits per heavy atom. The van der Waals surface area contributed by atoms with Crippen molar-refractivity contribution >= 4 is 21.8 Å². The number of nitrogens with one attached hydrogen (secondary N) is 3. The number of rotatable bonds is 11. The van der Waals surface area contributed by atoms with Crippen LogP contribution in [0.3, 0.4) is 0 Å². The molecule has 172 valence electrons. The summed E-state index contributed by atoms with van der Waals surface area (Å²) >= 11 is 0.